The number of fused-ring (bicyclic) bond motifs is 1. The van der Waals surface area contributed by atoms with Crippen molar-refractivity contribution in [2.75, 3.05) is 11.9 Å². The highest BCUT2D eigenvalue weighted by atomic mass is 16.4. The van der Waals surface area contributed by atoms with Gasteiger partial charge in [-0.25, -0.2) is 4.79 Å². The van der Waals surface area contributed by atoms with Gasteiger partial charge in [0.2, 0.25) is 5.91 Å². The summed E-state index contributed by atoms with van der Waals surface area (Å²) in [6.45, 7) is 0.181. The van der Waals surface area contributed by atoms with Gasteiger partial charge in [-0.1, -0.05) is 6.07 Å². The molecule has 0 spiro atoms. The van der Waals surface area contributed by atoms with Crippen LogP contribution < -0.4 is 10.6 Å². The second kappa shape index (κ2) is 4.32. The molecule has 1 unspecified atom stereocenters. The summed E-state index contributed by atoms with van der Waals surface area (Å²) < 4.78 is 0. The highest BCUT2D eigenvalue weighted by molar-refractivity contribution is 5.95. The summed E-state index contributed by atoms with van der Waals surface area (Å²) in [5.74, 6) is -0.313. The van der Waals surface area contributed by atoms with Crippen LogP contribution in [0.1, 0.15) is 17.9 Å². The molecule has 6 nitrogen and oxygen atoms in total. The van der Waals surface area contributed by atoms with Gasteiger partial charge in [0.15, 0.2) is 0 Å². The van der Waals surface area contributed by atoms with Crippen LogP contribution in [-0.4, -0.2) is 28.8 Å². The van der Waals surface area contributed by atoms with Crippen molar-refractivity contribution in [3.8, 4) is 5.75 Å². The molecule has 0 aliphatic carbocycles. The number of hydrogen-bond acceptors (Lipinski definition) is 3. The molecular formula is C11H12N2O4. The van der Waals surface area contributed by atoms with E-state index < -0.39 is 6.09 Å². The first kappa shape index (κ1) is 11.3. The number of phenolic OH excluding ortho intramolecular Hbond substituents is 1. The number of benzene rings is 1. The molecule has 2 rings (SSSR count). The number of hydrogen-bond donors (Lipinski definition) is 4. The molecule has 6 heteroatoms. The molecule has 1 heterocycles. The standard InChI is InChI=1S/C11H12N2O4/c14-7-1-2-8-6(5-12-11(16)17)3-10(15)13-9(8)4-7/h1-2,4,6,12,14H,3,5H2,(H,13,15)(H,16,17). The molecule has 2 amide bonds. The third-order valence-electron chi connectivity index (χ3n) is 2.68. The lowest BCUT2D eigenvalue weighted by Gasteiger charge is -2.25. The zero-order chi connectivity index (χ0) is 12.4. The van der Waals surface area contributed by atoms with Crippen LogP contribution >= 0.6 is 0 Å². The lowest BCUT2D eigenvalue weighted by atomic mass is 9.90. The van der Waals surface area contributed by atoms with Crippen LogP contribution in [0.3, 0.4) is 0 Å². The maximum absolute atomic E-state index is 11.4. The fraction of sp³-hybridized carbons (Fsp3) is 0.273. The third kappa shape index (κ3) is 2.47. The largest absolute Gasteiger partial charge is 0.508 e. The van der Waals surface area contributed by atoms with E-state index in [1.807, 2.05) is 0 Å². The summed E-state index contributed by atoms with van der Waals surface area (Å²) in [5.41, 5.74) is 1.37. The van der Waals surface area contributed by atoms with Crippen LogP contribution in [0.25, 0.3) is 0 Å². The van der Waals surface area contributed by atoms with Crippen molar-refractivity contribution in [1.29, 1.82) is 0 Å². The maximum Gasteiger partial charge on any atom is 0.404 e. The second-order valence-corrected chi connectivity index (χ2v) is 3.91. The number of phenols is 1. The van der Waals surface area contributed by atoms with Crippen molar-refractivity contribution >= 4 is 17.7 Å². The molecule has 0 bridgehead atoms. The molecule has 90 valence electrons. The van der Waals surface area contributed by atoms with E-state index in [-0.39, 0.29) is 30.5 Å². The fourth-order valence-electron chi connectivity index (χ4n) is 1.94. The van der Waals surface area contributed by atoms with Crippen molar-refractivity contribution in [1.82, 2.24) is 5.32 Å². The molecule has 0 saturated carbocycles. The highest BCUT2D eigenvalue weighted by Gasteiger charge is 2.25. The van der Waals surface area contributed by atoms with E-state index in [1.54, 1.807) is 6.07 Å². The van der Waals surface area contributed by atoms with Crippen LogP contribution in [0, 0.1) is 0 Å². The predicted molar refractivity (Wildman–Crippen MR) is 60.1 cm³/mol. The van der Waals surface area contributed by atoms with Gasteiger partial charge in [-0.2, -0.15) is 0 Å². The first-order valence-corrected chi connectivity index (χ1v) is 5.16. The number of aromatic hydroxyl groups is 1. The van der Waals surface area contributed by atoms with Crippen molar-refractivity contribution in [2.45, 2.75) is 12.3 Å². The smallest absolute Gasteiger partial charge is 0.404 e. The molecule has 17 heavy (non-hydrogen) atoms. The van der Waals surface area contributed by atoms with Crippen molar-refractivity contribution in [2.24, 2.45) is 0 Å². The summed E-state index contributed by atoms with van der Waals surface area (Å²) in [4.78, 5) is 21.9. The first-order valence-electron chi connectivity index (χ1n) is 5.16. The molecule has 4 N–H and O–H groups in total. The summed E-state index contributed by atoms with van der Waals surface area (Å²) in [7, 11) is 0. The molecule has 0 aromatic heterocycles. The number of carbonyl (C=O) groups excluding carboxylic acids is 1. The van der Waals surface area contributed by atoms with Crippen molar-refractivity contribution in [3.05, 3.63) is 23.8 Å². The predicted octanol–water partition coefficient (Wildman–Crippen LogP) is 1.09. The van der Waals surface area contributed by atoms with Gasteiger partial charge in [0, 0.05) is 30.6 Å². The Hall–Kier alpha value is -2.24. The zero-order valence-corrected chi connectivity index (χ0v) is 8.93. The summed E-state index contributed by atoms with van der Waals surface area (Å²) in [6.07, 6.45) is -0.880. The Morgan fingerprint density at radius 2 is 2.29 bits per heavy atom. The van der Waals surface area contributed by atoms with Crippen LogP contribution in [0.5, 0.6) is 5.75 Å². The molecule has 1 aliphatic heterocycles. The molecule has 1 aliphatic rings. The van der Waals surface area contributed by atoms with E-state index in [9.17, 15) is 14.7 Å². The molecule has 0 saturated heterocycles. The second-order valence-electron chi connectivity index (χ2n) is 3.91. The van der Waals surface area contributed by atoms with E-state index in [0.29, 0.717) is 5.69 Å². The highest BCUT2D eigenvalue weighted by Crippen LogP contribution is 2.33. The number of carbonyl (C=O) groups is 2. The minimum atomic E-state index is -1.11. The monoisotopic (exact) mass is 236 g/mol. The van der Waals surface area contributed by atoms with E-state index in [4.69, 9.17) is 5.11 Å². The van der Waals surface area contributed by atoms with Gasteiger partial charge in [-0.3, -0.25) is 4.79 Å². The minimum absolute atomic E-state index is 0.0656. The third-order valence-corrected chi connectivity index (χ3v) is 2.68. The van der Waals surface area contributed by atoms with E-state index in [1.165, 1.54) is 12.1 Å². The zero-order valence-electron chi connectivity index (χ0n) is 8.93. The van der Waals surface area contributed by atoms with Crippen molar-refractivity contribution in [3.63, 3.8) is 0 Å². The van der Waals surface area contributed by atoms with Crippen LogP contribution in [0.15, 0.2) is 18.2 Å². The fourth-order valence-corrected chi connectivity index (χ4v) is 1.94. The maximum atomic E-state index is 11.4. The van der Waals surface area contributed by atoms with E-state index in [2.05, 4.69) is 10.6 Å². The average molecular weight is 236 g/mol. The Morgan fingerprint density at radius 3 is 3.00 bits per heavy atom. The lowest BCUT2D eigenvalue weighted by molar-refractivity contribution is -0.116. The Labute approximate surface area is 97.3 Å². The summed E-state index contributed by atoms with van der Waals surface area (Å²) >= 11 is 0. The number of nitrogens with one attached hydrogen (secondary N) is 2. The van der Waals surface area contributed by atoms with Gasteiger partial charge in [0.05, 0.1) is 0 Å². The van der Waals surface area contributed by atoms with Gasteiger partial charge in [-0.15, -0.1) is 0 Å². The van der Waals surface area contributed by atoms with Gasteiger partial charge in [0.25, 0.3) is 0 Å². The number of carboxylic acid groups (broad SMARTS) is 1. The Balaban J connectivity index is 2.24. The minimum Gasteiger partial charge on any atom is -0.508 e. The van der Waals surface area contributed by atoms with Crippen LogP contribution in [0.2, 0.25) is 0 Å². The lowest BCUT2D eigenvalue weighted by Crippen LogP contribution is -2.32. The average Bonchev–Trinajstić information content (AvgIpc) is 2.24. The van der Waals surface area contributed by atoms with E-state index >= 15 is 0 Å². The quantitative estimate of drug-likeness (QED) is 0.617. The number of anilines is 1. The number of rotatable bonds is 2. The van der Waals surface area contributed by atoms with Crippen LogP contribution in [0.4, 0.5) is 10.5 Å². The molecule has 0 fully saturated rings. The topological polar surface area (TPSA) is 98.7 Å². The molecule has 1 atom stereocenters. The Kier molecular flexibility index (Phi) is 2.86. The van der Waals surface area contributed by atoms with Gasteiger partial charge in [-0.05, 0) is 11.6 Å². The number of amides is 2. The summed E-state index contributed by atoms with van der Waals surface area (Å²) in [6, 6.07) is 4.67. The van der Waals surface area contributed by atoms with Crippen molar-refractivity contribution < 1.29 is 19.8 Å². The van der Waals surface area contributed by atoms with Gasteiger partial charge >= 0.3 is 6.09 Å². The normalized spacial score (nSPS) is 18.1. The molecule has 1 aromatic carbocycles. The Morgan fingerprint density at radius 1 is 1.53 bits per heavy atom. The summed E-state index contributed by atoms with van der Waals surface area (Å²) in [5, 5.41) is 22.8. The van der Waals surface area contributed by atoms with Gasteiger partial charge in [0.1, 0.15) is 5.75 Å². The van der Waals surface area contributed by atoms with Crippen LogP contribution in [-0.2, 0) is 4.79 Å². The first-order chi connectivity index (χ1) is 8.06. The Bertz CT molecular complexity index is 473. The SMILES string of the molecule is O=C(O)NCC1CC(=O)Nc2cc(O)ccc21. The molecule has 1 aromatic rings. The molecule has 0 radical (unpaired) electrons. The van der Waals surface area contributed by atoms with Gasteiger partial charge < -0.3 is 20.8 Å². The van der Waals surface area contributed by atoms with E-state index in [0.717, 1.165) is 5.56 Å². The molecular weight excluding hydrogens is 224 g/mol.